The van der Waals surface area contributed by atoms with Gasteiger partial charge in [-0.15, -0.1) is 0 Å². The van der Waals surface area contributed by atoms with Gasteiger partial charge in [-0.2, -0.15) is 0 Å². The molecule has 0 aliphatic heterocycles. The molecule has 1 N–H and O–H groups in total. The summed E-state index contributed by atoms with van der Waals surface area (Å²) >= 11 is 0. The fraction of sp³-hybridized carbons (Fsp3) is 0.357. The normalized spacial score (nSPS) is 16.6. The molecule has 1 aliphatic rings. The molecule has 92 valence electrons. The molecular formula is C14H15N3O. The van der Waals surface area contributed by atoms with Gasteiger partial charge in [0, 0.05) is 11.9 Å². The maximum atomic E-state index is 9.47. The summed E-state index contributed by atoms with van der Waals surface area (Å²) in [4.78, 5) is 13.3. The first kappa shape index (κ1) is 11.3. The highest BCUT2D eigenvalue weighted by Crippen LogP contribution is 2.46. The molecule has 1 saturated carbocycles. The first-order valence-corrected chi connectivity index (χ1v) is 6.12. The van der Waals surface area contributed by atoms with Crippen LogP contribution in [0.3, 0.4) is 0 Å². The lowest BCUT2D eigenvalue weighted by Gasteiger charge is -2.12. The maximum absolute atomic E-state index is 9.47. The van der Waals surface area contributed by atoms with Crippen LogP contribution in [0, 0.1) is 6.92 Å². The van der Waals surface area contributed by atoms with Crippen molar-refractivity contribution in [2.24, 2.45) is 0 Å². The minimum atomic E-state index is -0.199. The minimum absolute atomic E-state index is 0.123. The Hall–Kier alpha value is -1.81. The van der Waals surface area contributed by atoms with Gasteiger partial charge < -0.3 is 5.11 Å². The first-order chi connectivity index (χ1) is 8.73. The van der Waals surface area contributed by atoms with Crippen LogP contribution in [0.5, 0.6) is 0 Å². The predicted molar refractivity (Wildman–Crippen MR) is 68.0 cm³/mol. The number of aliphatic hydroxyl groups excluding tert-OH is 1. The van der Waals surface area contributed by atoms with Gasteiger partial charge in [0.15, 0.2) is 0 Å². The zero-order valence-corrected chi connectivity index (χ0v) is 10.3. The van der Waals surface area contributed by atoms with Crippen LogP contribution in [0.2, 0.25) is 0 Å². The third-order valence-corrected chi connectivity index (χ3v) is 3.41. The van der Waals surface area contributed by atoms with Crippen molar-refractivity contribution < 1.29 is 5.11 Å². The van der Waals surface area contributed by atoms with Crippen molar-refractivity contribution in [2.75, 3.05) is 6.61 Å². The van der Waals surface area contributed by atoms with Gasteiger partial charge in [0.25, 0.3) is 0 Å². The van der Waals surface area contributed by atoms with Gasteiger partial charge in [0.05, 0.1) is 23.4 Å². The quantitative estimate of drug-likeness (QED) is 0.891. The molecule has 0 saturated heterocycles. The first-order valence-electron chi connectivity index (χ1n) is 6.12. The lowest BCUT2D eigenvalue weighted by molar-refractivity contribution is 0.249. The van der Waals surface area contributed by atoms with Gasteiger partial charge in [-0.1, -0.05) is 6.07 Å². The zero-order valence-electron chi connectivity index (χ0n) is 10.3. The van der Waals surface area contributed by atoms with E-state index in [0.717, 1.165) is 35.7 Å². The molecule has 2 aromatic heterocycles. The number of aryl methyl sites for hydroxylation is 1. The Morgan fingerprint density at radius 2 is 2.06 bits per heavy atom. The van der Waals surface area contributed by atoms with Crippen molar-refractivity contribution in [3.05, 3.63) is 42.0 Å². The van der Waals surface area contributed by atoms with Crippen molar-refractivity contribution in [1.29, 1.82) is 0 Å². The van der Waals surface area contributed by atoms with Crippen LogP contribution >= 0.6 is 0 Å². The fourth-order valence-electron chi connectivity index (χ4n) is 2.05. The smallest absolute Gasteiger partial charge is 0.137 e. The summed E-state index contributed by atoms with van der Waals surface area (Å²) < 4.78 is 0. The lowest BCUT2D eigenvalue weighted by Crippen LogP contribution is -2.17. The van der Waals surface area contributed by atoms with Crippen LogP contribution in [0.15, 0.2) is 30.5 Å². The van der Waals surface area contributed by atoms with E-state index in [2.05, 4.69) is 15.0 Å². The third kappa shape index (κ3) is 1.88. The minimum Gasteiger partial charge on any atom is -0.395 e. The second kappa shape index (κ2) is 4.14. The molecule has 0 bridgehead atoms. The Morgan fingerprint density at radius 1 is 1.22 bits per heavy atom. The summed E-state index contributed by atoms with van der Waals surface area (Å²) in [5.74, 6) is 0.755. The van der Waals surface area contributed by atoms with Gasteiger partial charge in [0.1, 0.15) is 5.82 Å². The summed E-state index contributed by atoms with van der Waals surface area (Å²) in [6, 6.07) is 7.69. The summed E-state index contributed by atoms with van der Waals surface area (Å²) in [7, 11) is 0. The number of hydrogen-bond donors (Lipinski definition) is 1. The Balaban J connectivity index is 2.07. The molecule has 0 aromatic carbocycles. The Bertz CT molecular complexity index is 565. The van der Waals surface area contributed by atoms with E-state index in [0.29, 0.717) is 0 Å². The molecule has 0 amide bonds. The lowest BCUT2D eigenvalue weighted by atomic mass is 10.1. The maximum Gasteiger partial charge on any atom is 0.137 e. The Kier molecular flexibility index (Phi) is 2.59. The van der Waals surface area contributed by atoms with Crippen LogP contribution in [0.1, 0.15) is 24.4 Å². The molecule has 2 heterocycles. The number of aromatic nitrogens is 3. The highest BCUT2D eigenvalue weighted by molar-refractivity contribution is 5.54. The van der Waals surface area contributed by atoms with E-state index in [1.165, 1.54) is 0 Å². The monoisotopic (exact) mass is 241 g/mol. The predicted octanol–water partition coefficient (Wildman–Crippen LogP) is 1.87. The molecular weight excluding hydrogens is 226 g/mol. The third-order valence-electron chi connectivity index (χ3n) is 3.41. The Morgan fingerprint density at radius 3 is 2.67 bits per heavy atom. The second-order valence-corrected chi connectivity index (χ2v) is 4.87. The molecule has 0 unspecified atom stereocenters. The average Bonchev–Trinajstić information content (AvgIpc) is 3.20. The zero-order chi connectivity index (χ0) is 12.6. The number of nitrogens with zero attached hydrogens (tertiary/aromatic N) is 3. The standard InChI is InChI=1S/C14H15N3O/c1-10-8-12(11-4-2-3-7-15-11)17-13(16-10)14(9-18)5-6-14/h2-4,7-8,18H,5-6,9H2,1H3. The van der Waals surface area contributed by atoms with Crippen LogP contribution in [-0.4, -0.2) is 26.7 Å². The van der Waals surface area contributed by atoms with Crippen LogP contribution < -0.4 is 0 Å². The van der Waals surface area contributed by atoms with Gasteiger partial charge in [-0.25, -0.2) is 9.97 Å². The molecule has 0 spiro atoms. The molecule has 3 rings (SSSR count). The van der Waals surface area contributed by atoms with E-state index < -0.39 is 0 Å². The average molecular weight is 241 g/mol. The SMILES string of the molecule is Cc1cc(-c2ccccn2)nc(C2(CO)CC2)n1. The van der Waals surface area contributed by atoms with E-state index >= 15 is 0 Å². The summed E-state index contributed by atoms with van der Waals surface area (Å²) in [6.45, 7) is 2.07. The van der Waals surface area contributed by atoms with Crippen LogP contribution in [-0.2, 0) is 5.41 Å². The van der Waals surface area contributed by atoms with Crippen LogP contribution in [0.4, 0.5) is 0 Å². The van der Waals surface area contributed by atoms with Gasteiger partial charge in [-0.05, 0) is 38.0 Å². The summed E-state index contributed by atoms with van der Waals surface area (Å²) in [5, 5.41) is 9.47. The van der Waals surface area contributed by atoms with E-state index in [9.17, 15) is 5.11 Å². The van der Waals surface area contributed by atoms with Gasteiger partial charge in [-0.3, -0.25) is 4.98 Å². The fourth-order valence-corrected chi connectivity index (χ4v) is 2.05. The van der Waals surface area contributed by atoms with E-state index in [-0.39, 0.29) is 12.0 Å². The number of aliphatic hydroxyl groups is 1. The van der Waals surface area contributed by atoms with Crippen molar-refractivity contribution >= 4 is 0 Å². The molecule has 4 heteroatoms. The van der Waals surface area contributed by atoms with Crippen molar-refractivity contribution in [2.45, 2.75) is 25.2 Å². The summed E-state index contributed by atoms with van der Waals surface area (Å²) in [6.07, 6.45) is 3.69. The van der Waals surface area contributed by atoms with E-state index in [1.807, 2.05) is 31.2 Å². The van der Waals surface area contributed by atoms with Crippen molar-refractivity contribution in [3.8, 4) is 11.4 Å². The summed E-state index contributed by atoms with van der Waals surface area (Å²) in [5.41, 5.74) is 2.39. The van der Waals surface area contributed by atoms with Crippen molar-refractivity contribution in [1.82, 2.24) is 15.0 Å². The van der Waals surface area contributed by atoms with Gasteiger partial charge >= 0.3 is 0 Å². The topological polar surface area (TPSA) is 58.9 Å². The molecule has 0 atom stereocenters. The molecule has 18 heavy (non-hydrogen) atoms. The van der Waals surface area contributed by atoms with Gasteiger partial charge in [0.2, 0.25) is 0 Å². The molecule has 0 radical (unpaired) electrons. The highest BCUT2D eigenvalue weighted by atomic mass is 16.3. The van der Waals surface area contributed by atoms with Crippen molar-refractivity contribution in [3.63, 3.8) is 0 Å². The largest absolute Gasteiger partial charge is 0.395 e. The number of pyridine rings is 1. The van der Waals surface area contributed by atoms with Crippen LogP contribution in [0.25, 0.3) is 11.4 Å². The highest BCUT2D eigenvalue weighted by Gasteiger charge is 2.46. The molecule has 1 aliphatic carbocycles. The second-order valence-electron chi connectivity index (χ2n) is 4.87. The van der Waals surface area contributed by atoms with E-state index in [4.69, 9.17) is 0 Å². The molecule has 1 fully saturated rings. The van der Waals surface area contributed by atoms with E-state index in [1.54, 1.807) is 6.20 Å². The number of hydrogen-bond acceptors (Lipinski definition) is 4. The Labute approximate surface area is 106 Å². The molecule has 4 nitrogen and oxygen atoms in total. The number of rotatable bonds is 3. The molecule has 2 aromatic rings.